The number of likely N-dealkylation sites (N-methyl/N-ethyl adjacent to an activating group) is 1. The molecule has 4 aromatic rings. The van der Waals surface area contributed by atoms with E-state index in [1.54, 1.807) is 60.7 Å². The number of hydrogen-bond donors (Lipinski definition) is 3. The molecule has 36 heavy (non-hydrogen) atoms. The lowest BCUT2D eigenvalue weighted by Gasteiger charge is -2.45. The quantitative estimate of drug-likeness (QED) is 0.264. The SMILES string of the molecule is COc1ccccc1N(C)C1CN(C(=O)c2ccc(N[N+](O)(O)c3cccc4cccnc34)cc2)C1. The number of carbonyl (C=O) groups is 1. The number of pyridine rings is 1. The van der Waals surface area contributed by atoms with E-state index in [2.05, 4.69) is 15.3 Å². The van der Waals surface area contributed by atoms with Crippen molar-refractivity contribution in [2.24, 2.45) is 0 Å². The Balaban J connectivity index is 1.23. The van der Waals surface area contributed by atoms with Crippen molar-refractivity contribution in [1.29, 1.82) is 0 Å². The Labute approximate surface area is 208 Å². The molecular weight excluding hydrogens is 458 g/mol. The van der Waals surface area contributed by atoms with E-state index in [1.807, 2.05) is 43.4 Å². The average molecular weight is 487 g/mol. The van der Waals surface area contributed by atoms with Crippen LogP contribution in [0.25, 0.3) is 10.9 Å². The second-order valence-electron chi connectivity index (χ2n) is 8.79. The molecule has 2 heterocycles. The number of amides is 1. The number of carbonyl (C=O) groups excluding carboxylic acids is 1. The van der Waals surface area contributed by atoms with Crippen LogP contribution in [-0.2, 0) is 0 Å². The highest BCUT2D eigenvalue weighted by Crippen LogP contribution is 2.31. The second kappa shape index (κ2) is 9.46. The van der Waals surface area contributed by atoms with Crippen molar-refractivity contribution in [2.75, 3.05) is 37.6 Å². The summed E-state index contributed by atoms with van der Waals surface area (Å²) in [4.78, 5) is 19.6. The van der Waals surface area contributed by atoms with E-state index in [0.29, 0.717) is 29.9 Å². The van der Waals surface area contributed by atoms with Gasteiger partial charge in [-0.3, -0.25) is 4.79 Å². The van der Waals surface area contributed by atoms with Crippen LogP contribution in [0.15, 0.2) is 85.1 Å². The maximum absolute atomic E-state index is 13.0. The Kier molecular flexibility index (Phi) is 6.19. The van der Waals surface area contributed by atoms with Crippen molar-refractivity contribution in [1.82, 2.24) is 14.8 Å². The van der Waals surface area contributed by atoms with E-state index in [9.17, 15) is 15.2 Å². The van der Waals surface area contributed by atoms with Crippen LogP contribution in [0.3, 0.4) is 0 Å². The molecule has 3 N–H and O–H groups in total. The lowest BCUT2D eigenvalue weighted by Crippen LogP contribution is -2.60. The standard InChI is InChI=1S/C27H27N5O4/c1-30(23-9-3-4-11-25(23)36-2)22-17-31(18-22)27(33)20-12-14-21(15-13-20)29-32(34,35)24-10-5-7-19-8-6-16-28-26(19)24/h3-16,22,34-35H,17-18H2,1-2H3/p+1. The van der Waals surface area contributed by atoms with Gasteiger partial charge in [-0.25, -0.2) is 4.98 Å². The summed E-state index contributed by atoms with van der Waals surface area (Å²) >= 11 is 0. The number of methoxy groups -OCH3 is 1. The number of benzene rings is 3. The molecular formula is C27H28N5O4+. The minimum atomic E-state index is -1.58. The van der Waals surface area contributed by atoms with E-state index < -0.39 is 4.92 Å². The molecule has 1 fully saturated rings. The minimum Gasteiger partial charge on any atom is -0.495 e. The highest BCUT2D eigenvalue weighted by atomic mass is 16.9. The van der Waals surface area contributed by atoms with Crippen LogP contribution in [0.1, 0.15) is 10.4 Å². The molecule has 0 saturated carbocycles. The molecule has 0 atom stereocenters. The number of ether oxygens (including phenoxy) is 1. The van der Waals surface area contributed by atoms with Crippen LogP contribution < -0.4 is 20.0 Å². The van der Waals surface area contributed by atoms with E-state index >= 15 is 0 Å². The van der Waals surface area contributed by atoms with Gasteiger partial charge < -0.3 is 14.5 Å². The van der Waals surface area contributed by atoms with E-state index in [4.69, 9.17) is 4.74 Å². The summed E-state index contributed by atoms with van der Waals surface area (Å²) in [6.07, 6.45) is 1.60. The van der Waals surface area contributed by atoms with Gasteiger partial charge in [-0.05, 0) is 42.5 Å². The molecule has 1 aliphatic heterocycles. The molecule has 184 valence electrons. The minimum absolute atomic E-state index is 0.0711. The van der Waals surface area contributed by atoms with Gasteiger partial charge in [0.2, 0.25) is 0 Å². The zero-order valence-corrected chi connectivity index (χ0v) is 20.1. The molecule has 1 aromatic heterocycles. The number of nitrogens with one attached hydrogen (secondary N) is 1. The third-order valence-corrected chi connectivity index (χ3v) is 6.53. The van der Waals surface area contributed by atoms with Crippen molar-refractivity contribution < 1.29 is 19.9 Å². The summed E-state index contributed by atoms with van der Waals surface area (Å²) in [5.74, 6) is 0.729. The van der Waals surface area contributed by atoms with Gasteiger partial charge >= 0.3 is 0 Å². The molecule has 1 aliphatic rings. The first kappa shape index (κ1) is 23.6. The second-order valence-corrected chi connectivity index (χ2v) is 8.79. The van der Waals surface area contributed by atoms with Crippen molar-refractivity contribution in [3.8, 4) is 5.75 Å². The summed E-state index contributed by atoms with van der Waals surface area (Å²) in [6, 6.07) is 23.4. The number of nitrogens with zero attached hydrogens (tertiary/aromatic N) is 4. The summed E-state index contributed by atoms with van der Waals surface area (Å²) in [5, 5.41) is 22.2. The van der Waals surface area contributed by atoms with Crippen LogP contribution in [0.2, 0.25) is 0 Å². The molecule has 9 heteroatoms. The van der Waals surface area contributed by atoms with Crippen molar-refractivity contribution in [2.45, 2.75) is 6.04 Å². The summed E-state index contributed by atoms with van der Waals surface area (Å²) < 4.78 is 5.46. The van der Waals surface area contributed by atoms with Gasteiger partial charge in [-0.2, -0.15) is 5.43 Å². The van der Waals surface area contributed by atoms with Crippen LogP contribution in [0.5, 0.6) is 5.75 Å². The Hall–Kier alpha value is -4.18. The number of hydrogen-bond acceptors (Lipinski definition) is 7. The largest absolute Gasteiger partial charge is 0.495 e. The molecule has 0 spiro atoms. The monoisotopic (exact) mass is 486 g/mol. The van der Waals surface area contributed by atoms with Gasteiger partial charge in [0.15, 0.2) is 0 Å². The van der Waals surface area contributed by atoms with Gasteiger partial charge in [-0.1, -0.05) is 30.3 Å². The number of rotatable bonds is 7. The van der Waals surface area contributed by atoms with E-state index in [-0.39, 0.29) is 17.6 Å². The average Bonchev–Trinajstić information content (AvgIpc) is 2.87. The first-order chi connectivity index (χ1) is 17.4. The maximum atomic E-state index is 13.0. The number of aromatic nitrogens is 1. The summed E-state index contributed by atoms with van der Waals surface area (Å²) in [6.45, 7) is 1.21. The molecule has 1 saturated heterocycles. The van der Waals surface area contributed by atoms with E-state index in [0.717, 1.165) is 16.8 Å². The number of likely N-dealkylation sites (tertiary alicyclic amines) is 1. The highest BCUT2D eigenvalue weighted by Gasteiger charge is 2.35. The zero-order valence-electron chi connectivity index (χ0n) is 20.1. The molecule has 0 radical (unpaired) electrons. The van der Waals surface area contributed by atoms with Crippen LogP contribution >= 0.6 is 0 Å². The Bertz CT molecular complexity index is 1380. The van der Waals surface area contributed by atoms with Crippen molar-refractivity contribution in [3.63, 3.8) is 0 Å². The smallest absolute Gasteiger partial charge is 0.253 e. The maximum Gasteiger partial charge on any atom is 0.253 e. The van der Waals surface area contributed by atoms with Gasteiger partial charge in [0.1, 0.15) is 11.3 Å². The lowest BCUT2D eigenvalue weighted by molar-refractivity contribution is -0.271. The fourth-order valence-electron chi connectivity index (χ4n) is 4.43. The fraction of sp³-hybridized carbons (Fsp3) is 0.185. The molecule has 5 rings (SSSR count). The number of quaternary nitrogens is 1. The lowest BCUT2D eigenvalue weighted by atomic mass is 10.0. The number of fused-ring (bicyclic) bond motifs is 1. The normalized spacial score (nSPS) is 13.8. The Morgan fingerprint density at radius 3 is 2.50 bits per heavy atom. The third kappa shape index (κ3) is 4.42. The van der Waals surface area contributed by atoms with Crippen molar-refractivity contribution >= 4 is 33.9 Å². The molecule has 0 unspecified atom stereocenters. The highest BCUT2D eigenvalue weighted by molar-refractivity contribution is 5.95. The Morgan fingerprint density at radius 1 is 1.03 bits per heavy atom. The zero-order chi connectivity index (χ0) is 25.3. The van der Waals surface area contributed by atoms with E-state index in [1.165, 1.54) is 0 Å². The Morgan fingerprint density at radius 2 is 1.75 bits per heavy atom. The molecule has 9 nitrogen and oxygen atoms in total. The topological polar surface area (TPSA) is 98.2 Å². The first-order valence-electron chi connectivity index (χ1n) is 11.6. The molecule has 1 amide bonds. The van der Waals surface area contributed by atoms with Crippen LogP contribution in [-0.4, -0.2) is 59.5 Å². The number of anilines is 2. The predicted molar refractivity (Wildman–Crippen MR) is 138 cm³/mol. The van der Waals surface area contributed by atoms with Gasteiger partial charge in [0, 0.05) is 43.4 Å². The fourth-order valence-corrected chi connectivity index (χ4v) is 4.43. The summed E-state index contributed by atoms with van der Waals surface area (Å²) in [7, 11) is 3.65. The third-order valence-electron chi connectivity index (χ3n) is 6.53. The van der Waals surface area contributed by atoms with Gasteiger partial charge in [0.25, 0.3) is 11.6 Å². The van der Waals surface area contributed by atoms with Gasteiger partial charge in [-0.15, -0.1) is 10.4 Å². The van der Waals surface area contributed by atoms with Crippen LogP contribution in [0, 0.1) is 0 Å². The summed E-state index contributed by atoms with van der Waals surface area (Å²) in [5.41, 5.74) is 5.26. The van der Waals surface area contributed by atoms with Crippen molar-refractivity contribution in [3.05, 3.63) is 90.6 Å². The predicted octanol–water partition coefficient (Wildman–Crippen LogP) is 4.32. The molecule has 3 aromatic carbocycles. The molecule has 0 aliphatic carbocycles. The van der Waals surface area contributed by atoms with Crippen LogP contribution in [0.4, 0.5) is 17.1 Å². The number of para-hydroxylation sites is 3. The first-order valence-corrected chi connectivity index (χ1v) is 11.6. The molecule has 0 bridgehead atoms. The van der Waals surface area contributed by atoms with Gasteiger partial charge in [0.05, 0.1) is 29.4 Å².